The van der Waals surface area contributed by atoms with Crippen LogP contribution in [0.25, 0.3) is 0 Å². The summed E-state index contributed by atoms with van der Waals surface area (Å²) in [5.74, 6) is 0.451. The van der Waals surface area contributed by atoms with Crippen LogP contribution >= 0.6 is 0 Å². The minimum Gasteiger partial charge on any atom is -0.464 e. The molecule has 2 rings (SSSR count). The molecule has 2 saturated carbocycles. The zero-order chi connectivity index (χ0) is 12.0. The first-order chi connectivity index (χ1) is 7.46. The van der Waals surface area contributed by atoms with Crippen LogP contribution in [0.3, 0.4) is 0 Å². The molecule has 0 radical (unpaired) electrons. The molecule has 2 aliphatic carbocycles. The van der Waals surface area contributed by atoms with E-state index >= 15 is 0 Å². The number of carbonyl (C=O) groups excluding carboxylic acids is 2. The number of rotatable bonds is 4. The summed E-state index contributed by atoms with van der Waals surface area (Å²) in [5, 5.41) is 0. The highest BCUT2D eigenvalue weighted by molar-refractivity contribution is 5.40. The molecule has 90 valence electrons. The summed E-state index contributed by atoms with van der Waals surface area (Å²) in [5.41, 5.74) is -0.256. The average molecular weight is 226 g/mol. The molecule has 4 atom stereocenters. The van der Waals surface area contributed by atoms with Crippen LogP contribution in [-0.4, -0.2) is 25.2 Å². The average Bonchev–Trinajstić information content (AvgIpc) is 2.62. The summed E-state index contributed by atoms with van der Waals surface area (Å²) >= 11 is 0. The van der Waals surface area contributed by atoms with Gasteiger partial charge in [-0.15, -0.1) is 0 Å². The van der Waals surface area contributed by atoms with Crippen LogP contribution in [0.5, 0.6) is 0 Å². The summed E-state index contributed by atoms with van der Waals surface area (Å²) < 4.78 is 10.4. The molecular formula is C12H18O4. The zero-order valence-corrected chi connectivity index (χ0v) is 9.93. The lowest BCUT2D eigenvalue weighted by molar-refractivity contribution is -0.167. The van der Waals surface area contributed by atoms with E-state index in [0.717, 1.165) is 12.8 Å². The zero-order valence-electron chi connectivity index (χ0n) is 9.93. The van der Waals surface area contributed by atoms with Gasteiger partial charge in [0.2, 0.25) is 0 Å². The summed E-state index contributed by atoms with van der Waals surface area (Å²) in [7, 11) is 0. The van der Waals surface area contributed by atoms with Crippen LogP contribution in [0.1, 0.15) is 33.6 Å². The number of ether oxygens (including phenoxy) is 2. The highest BCUT2D eigenvalue weighted by Gasteiger charge is 2.66. The lowest BCUT2D eigenvalue weighted by atomic mass is 9.68. The highest BCUT2D eigenvalue weighted by atomic mass is 16.5. The second-order valence-corrected chi connectivity index (χ2v) is 5.80. The van der Waals surface area contributed by atoms with Gasteiger partial charge in [0.25, 0.3) is 12.9 Å². The molecule has 4 nitrogen and oxygen atoms in total. The maximum atomic E-state index is 10.6. The fourth-order valence-corrected chi connectivity index (χ4v) is 3.84. The van der Waals surface area contributed by atoms with E-state index in [4.69, 9.17) is 9.47 Å². The maximum absolute atomic E-state index is 10.6. The van der Waals surface area contributed by atoms with Crippen LogP contribution in [0.4, 0.5) is 0 Å². The SMILES string of the molecule is CC1(C)C2CC(OC=O)C(C)(C2)C1OC=O. The summed E-state index contributed by atoms with van der Waals surface area (Å²) in [6, 6.07) is 0. The van der Waals surface area contributed by atoms with Crippen LogP contribution < -0.4 is 0 Å². The van der Waals surface area contributed by atoms with E-state index in [1.165, 1.54) is 0 Å². The fourth-order valence-electron chi connectivity index (χ4n) is 3.84. The molecule has 0 heterocycles. The van der Waals surface area contributed by atoms with Crippen molar-refractivity contribution in [2.75, 3.05) is 0 Å². The highest BCUT2D eigenvalue weighted by Crippen LogP contribution is 2.64. The van der Waals surface area contributed by atoms with E-state index in [1.807, 2.05) is 6.92 Å². The lowest BCUT2D eigenvalue weighted by Crippen LogP contribution is -2.49. The van der Waals surface area contributed by atoms with Crippen molar-refractivity contribution in [1.29, 1.82) is 0 Å². The Hall–Kier alpha value is -1.06. The van der Waals surface area contributed by atoms with Crippen molar-refractivity contribution in [3.63, 3.8) is 0 Å². The third-order valence-corrected chi connectivity index (χ3v) is 4.66. The molecule has 0 aromatic rings. The number of hydrogen-bond donors (Lipinski definition) is 0. The fraction of sp³-hybridized carbons (Fsp3) is 0.833. The quantitative estimate of drug-likeness (QED) is 0.682. The van der Waals surface area contributed by atoms with Crippen LogP contribution in [0.2, 0.25) is 0 Å². The van der Waals surface area contributed by atoms with Crippen molar-refractivity contribution in [1.82, 2.24) is 0 Å². The normalized spacial score (nSPS) is 44.1. The monoisotopic (exact) mass is 226 g/mol. The van der Waals surface area contributed by atoms with Crippen molar-refractivity contribution in [2.24, 2.45) is 16.7 Å². The Labute approximate surface area is 95.3 Å². The molecule has 0 aromatic heterocycles. The first kappa shape index (κ1) is 11.4. The molecule has 4 unspecified atom stereocenters. The minimum atomic E-state index is -0.226. The molecule has 2 fully saturated rings. The van der Waals surface area contributed by atoms with Gasteiger partial charge in [0.1, 0.15) is 12.2 Å². The first-order valence-electron chi connectivity index (χ1n) is 5.65. The van der Waals surface area contributed by atoms with Crippen LogP contribution in [-0.2, 0) is 19.1 Å². The topological polar surface area (TPSA) is 52.6 Å². The molecule has 2 aliphatic rings. The second-order valence-electron chi connectivity index (χ2n) is 5.80. The smallest absolute Gasteiger partial charge is 0.293 e. The van der Waals surface area contributed by atoms with Crippen molar-refractivity contribution in [2.45, 2.75) is 45.8 Å². The van der Waals surface area contributed by atoms with Gasteiger partial charge in [0.15, 0.2) is 0 Å². The van der Waals surface area contributed by atoms with Gasteiger partial charge in [0, 0.05) is 10.8 Å². The van der Waals surface area contributed by atoms with Gasteiger partial charge >= 0.3 is 0 Å². The second kappa shape index (κ2) is 3.47. The predicted molar refractivity (Wildman–Crippen MR) is 56.5 cm³/mol. The summed E-state index contributed by atoms with van der Waals surface area (Å²) in [4.78, 5) is 21.1. The number of carbonyl (C=O) groups is 2. The maximum Gasteiger partial charge on any atom is 0.293 e. The van der Waals surface area contributed by atoms with E-state index in [0.29, 0.717) is 18.9 Å². The Morgan fingerprint density at radius 1 is 1.12 bits per heavy atom. The molecule has 0 aromatic carbocycles. The lowest BCUT2D eigenvalue weighted by Gasteiger charge is -2.44. The van der Waals surface area contributed by atoms with Gasteiger partial charge < -0.3 is 9.47 Å². The van der Waals surface area contributed by atoms with Crippen molar-refractivity contribution < 1.29 is 19.1 Å². The molecule has 16 heavy (non-hydrogen) atoms. The molecular weight excluding hydrogens is 208 g/mol. The third-order valence-electron chi connectivity index (χ3n) is 4.66. The largest absolute Gasteiger partial charge is 0.464 e. The van der Waals surface area contributed by atoms with Crippen molar-refractivity contribution >= 4 is 12.9 Å². The summed E-state index contributed by atoms with van der Waals surface area (Å²) in [6.07, 6.45) is 1.55. The Morgan fingerprint density at radius 2 is 1.75 bits per heavy atom. The van der Waals surface area contributed by atoms with Gasteiger partial charge in [-0.3, -0.25) is 9.59 Å². The van der Waals surface area contributed by atoms with Gasteiger partial charge in [-0.2, -0.15) is 0 Å². The van der Waals surface area contributed by atoms with E-state index in [9.17, 15) is 9.59 Å². The molecule has 0 N–H and O–H groups in total. The molecule has 2 bridgehead atoms. The van der Waals surface area contributed by atoms with E-state index in [2.05, 4.69) is 13.8 Å². The molecule has 0 amide bonds. The Morgan fingerprint density at radius 3 is 2.25 bits per heavy atom. The van der Waals surface area contributed by atoms with Crippen molar-refractivity contribution in [3.8, 4) is 0 Å². The van der Waals surface area contributed by atoms with Crippen molar-refractivity contribution in [3.05, 3.63) is 0 Å². The van der Waals surface area contributed by atoms with Gasteiger partial charge in [0.05, 0.1) is 0 Å². The molecule has 0 aliphatic heterocycles. The third kappa shape index (κ3) is 1.28. The molecule has 4 heteroatoms. The van der Waals surface area contributed by atoms with E-state index in [1.54, 1.807) is 0 Å². The van der Waals surface area contributed by atoms with Crippen LogP contribution in [0.15, 0.2) is 0 Å². The van der Waals surface area contributed by atoms with Gasteiger partial charge in [-0.25, -0.2) is 0 Å². The summed E-state index contributed by atoms with van der Waals surface area (Å²) in [6.45, 7) is 7.30. The van der Waals surface area contributed by atoms with E-state index in [-0.39, 0.29) is 23.0 Å². The number of hydrogen-bond acceptors (Lipinski definition) is 4. The van der Waals surface area contributed by atoms with Gasteiger partial charge in [-0.05, 0) is 18.8 Å². The Bertz CT molecular complexity index is 312. The molecule has 0 spiro atoms. The van der Waals surface area contributed by atoms with E-state index < -0.39 is 0 Å². The minimum absolute atomic E-state index is 0.0294. The van der Waals surface area contributed by atoms with Crippen LogP contribution in [0, 0.1) is 16.7 Å². The van der Waals surface area contributed by atoms with Gasteiger partial charge in [-0.1, -0.05) is 20.8 Å². The first-order valence-corrected chi connectivity index (χ1v) is 5.65. The Kier molecular flexibility index (Phi) is 2.48. The molecule has 0 saturated heterocycles. The number of fused-ring (bicyclic) bond motifs is 2. The Balaban J connectivity index is 2.28. The predicted octanol–water partition coefficient (Wildman–Crippen LogP) is 1.53. The standard InChI is InChI=1S/C12H18O4/c1-11(2)8-4-9(15-6-13)12(3,5-8)10(11)16-7-14/h6-10H,4-5H2,1-3H3.